The predicted molar refractivity (Wildman–Crippen MR) is 91.7 cm³/mol. The minimum absolute atomic E-state index is 0.0936. The number of aliphatic hydroxyl groups excluding tert-OH is 1. The molecule has 0 radical (unpaired) electrons. The highest BCUT2D eigenvalue weighted by Crippen LogP contribution is 2.22. The van der Waals surface area contributed by atoms with E-state index in [9.17, 15) is 14.7 Å². The van der Waals surface area contributed by atoms with Gasteiger partial charge in [0, 0.05) is 44.0 Å². The topological polar surface area (TPSA) is 73.7 Å². The Bertz CT molecular complexity index is 732. The Morgan fingerprint density at radius 1 is 1.17 bits per heavy atom. The number of aromatic nitrogens is 1. The molecular formula is C17H19N3O3S. The van der Waals surface area contributed by atoms with E-state index < -0.39 is 6.10 Å². The van der Waals surface area contributed by atoms with E-state index in [-0.39, 0.29) is 24.9 Å². The van der Waals surface area contributed by atoms with E-state index in [0.29, 0.717) is 18.1 Å². The van der Waals surface area contributed by atoms with Crippen molar-refractivity contribution < 1.29 is 14.7 Å². The number of nitrogens with zero attached hydrogens (tertiary/aromatic N) is 3. The fourth-order valence-electron chi connectivity index (χ4n) is 2.71. The number of thiazole rings is 1. The molecule has 1 aromatic carbocycles. The summed E-state index contributed by atoms with van der Waals surface area (Å²) in [6.45, 7) is 2.76. The molecule has 3 rings (SSSR count). The fraction of sp³-hybridized carbons (Fsp3) is 0.353. The number of rotatable bonds is 2. The van der Waals surface area contributed by atoms with E-state index >= 15 is 0 Å². The van der Waals surface area contributed by atoms with E-state index in [1.165, 1.54) is 18.3 Å². The van der Waals surface area contributed by atoms with Gasteiger partial charge in [-0.1, -0.05) is 30.3 Å². The van der Waals surface area contributed by atoms with Gasteiger partial charge in [0.05, 0.1) is 11.8 Å². The van der Waals surface area contributed by atoms with Gasteiger partial charge in [0.15, 0.2) is 5.01 Å². The first-order chi connectivity index (χ1) is 11.5. The van der Waals surface area contributed by atoms with Crippen LogP contribution in [-0.4, -0.2) is 64.0 Å². The molecular weight excluding hydrogens is 326 g/mol. The second-order valence-electron chi connectivity index (χ2n) is 5.77. The van der Waals surface area contributed by atoms with Crippen LogP contribution in [-0.2, 0) is 4.79 Å². The Hall–Kier alpha value is -2.25. The summed E-state index contributed by atoms with van der Waals surface area (Å²) < 4.78 is 0. The fourth-order valence-corrected chi connectivity index (χ4v) is 3.50. The molecule has 1 aliphatic rings. The number of aliphatic hydroxyl groups is 1. The van der Waals surface area contributed by atoms with Crippen LogP contribution in [0.5, 0.6) is 0 Å². The molecule has 0 unspecified atom stereocenters. The zero-order chi connectivity index (χ0) is 17.1. The van der Waals surface area contributed by atoms with Crippen LogP contribution in [0.3, 0.4) is 0 Å². The SMILES string of the molecule is CC(=O)N1CCN(C(=O)c2nc(-c3ccccc3)cs2)C[C@H](O)C1. The van der Waals surface area contributed by atoms with E-state index in [0.717, 1.165) is 11.3 Å². The molecule has 0 spiro atoms. The number of amides is 2. The quantitative estimate of drug-likeness (QED) is 0.895. The third-order valence-corrected chi connectivity index (χ3v) is 4.82. The van der Waals surface area contributed by atoms with Gasteiger partial charge in [0.1, 0.15) is 0 Å². The number of β-amino-alcohol motifs (C(OH)–C–C–N with tert-alkyl or cyclic N) is 1. The third-order valence-electron chi connectivity index (χ3n) is 3.99. The smallest absolute Gasteiger partial charge is 0.283 e. The van der Waals surface area contributed by atoms with Crippen LogP contribution >= 0.6 is 11.3 Å². The Balaban J connectivity index is 1.75. The molecule has 1 fully saturated rings. The molecule has 2 amide bonds. The molecule has 24 heavy (non-hydrogen) atoms. The van der Waals surface area contributed by atoms with Gasteiger partial charge in [0.2, 0.25) is 5.91 Å². The lowest BCUT2D eigenvalue weighted by molar-refractivity contribution is -0.129. The normalized spacial score (nSPS) is 18.3. The Kier molecular flexibility index (Phi) is 4.92. The maximum absolute atomic E-state index is 12.7. The van der Waals surface area contributed by atoms with Crippen molar-refractivity contribution in [3.05, 3.63) is 40.7 Å². The molecule has 0 saturated carbocycles. The van der Waals surface area contributed by atoms with Gasteiger partial charge in [-0.15, -0.1) is 11.3 Å². The van der Waals surface area contributed by atoms with Crippen molar-refractivity contribution in [1.29, 1.82) is 0 Å². The van der Waals surface area contributed by atoms with Gasteiger partial charge in [-0.05, 0) is 0 Å². The molecule has 2 aromatic rings. The van der Waals surface area contributed by atoms with Crippen LogP contribution < -0.4 is 0 Å². The van der Waals surface area contributed by atoms with Crippen molar-refractivity contribution in [3.63, 3.8) is 0 Å². The van der Waals surface area contributed by atoms with Crippen molar-refractivity contribution in [3.8, 4) is 11.3 Å². The first kappa shape index (κ1) is 16.6. The standard InChI is InChI=1S/C17H19N3O3S/c1-12(21)19-7-8-20(10-14(22)9-19)17(23)16-18-15(11-24-16)13-5-3-2-4-6-13/h2-6,11,14,22H,7-10H2,1H3/t14-/m1/s1. The lowest BCUT2D eigenvalue weighted by Gasteiger charge is -2.20. The van der Waals surface area contributed by atoms with E-state index in [1.54, 1.807) is 9.80 Å². The van der Waals surface area contributed by atoms with Crippen LogP contribution in [0.25, 0.3) is 11.3 Å². The van der Waals surface area contributed by atoms with Crippen LogP contribution in [0.15, 0.2) is 35.7 Å². The van der Waals surface area contributed by atoms with Gasteiger partial charge in [-0.2, -0.15) is 0 Å². The summed E-state index contributed by atoms with van der Waals surface area (Å²) in [5.74, 6) is -0.296. The average molecular weight is 345 g/mol. The minimum atomic E-state index is -0.742. The van der Waals surface area contributed by atoms with Crippen molar-refractivity contribution >= 4 is 23.2 Å². The van der Waals surface area contributed by atoms with Crippen molar-refractivity contribution in [2.45, 2.75) is 13.0 Å². The molecule has 1 atom stereocenters. The predicted octanol–water partition coefficient (Wildman–Crippen LogP) is 1.48. The molecule has 126 valence electrons. The summed E-state index contributed by atoms with van der Waals surface area (Å²) in [6.07, 6.45) is -0.742. The van der Waals surface area contributed by atoms with E-state index in [4.69, 9.17) is 0 Å². The second kappa shape index (κ2) is 7.11. The Labute approximate surface area is 144 Å². The maximum Gasteiger partial charge on any atom is 0.283 e. The second-order valence-corrected chi connectivity index (χ2v) is 6.63. The van der Waals surface area contributed by atoms with Crippen LogP contribution in [0, 0.1) is 0 Å². The summed E-state index contributed by atoms with van der Waals surface area (Å²) in [6, 6.07) is 9.68. The van der Waals surface area contributed by atoms with Crippen LogP contribution in [0.1, 0.15) is 16.7 Å². The lowest BCUT2D eigenvalue weighted by atomic mass is 10.2. The number of carbonyl (C=O) groups is 2. The first-order valence-electron chi connectivity index (χ1n) is 7.78. The van der Waals surface area contributed by atoms with Crippen molar-refractivity contribution in [2.75, 3.05) is 26.2 Å². The Morgan fingerprint density at radius 2 is 1.83 bits per heavy atom. The average Bonchev–Trinajstić information content (AvgIpc) is 2.98. The molecule has 0 bridgehead atoms. The van der Waals surface area contributed by atoms with Crippen molar-refractivity contribution in [2.24, 2.45) is 0 Å². The monoisotopic (exact) mass is 345 g/mol. The number of hydrogen-bond donors (Lipinski definition) is 1. The number of hydrogen-bond acceptors (Lipinski definition) is 5. The molecule has 1 saturated heterocycles. The zero-order valence-corrected chi connectivity index (χ0v) is 14.2. The summed E-state index contributed by atoms with van der Waals surface area (Å²) in [5, 5.41) is 12.3. The molecule has 0 aliphatic carbocycles. The maximum atomic E-state index is 12.7. The van der Waals surface area contributed by atoms with Gasteiger partial charge in [0.25, 0.3) is 5.91 Å². The van der Waals surface area contributed by atoms with Crippen LogP contribution in [0.4, 0.5) is 0 Å². The highest BCUT2D eigenvalue weighted by atomic mass is 32.1. The summed E-state index contributed by atoms with van der Waals surface area (Å²) in [4.78, 5) is 31.7. The zero-order valence-electron chi connectivity index (χ0n) is 13.4. The summed E-state index contributed by atoms with van der Waals surface area (Å²) >= 11 is 1.30. The van der Waals surface area contributed by atoms with Crippen LogP contribution in [0.2, 0.25) is 0 Å². The summed E-state index contributed by atoms with van der Waals surface area (Å²) in [5.41, 5.74) is 1.73. The highest BCUT2D eigenvalue weighted by molar-refractivity contribution is 7.12. The minimum Gasteiger partial charge on any atom is -0.389 e. The molecule has 1 N–H and O–H groups in total. The van der Waals surface area contributed by atoms with Gasteiger partial charge < -0.3 is 14.9 Å². The van der Waals surface area contributed by atoms with Gasteiger partial charge in [-0.25, -0.2) is 4.98 Å². The lowest BCUT2D eigenvalue weighted by Crippen LogP contribution is -2.37. The Morgan fingerprint density at radius 3 is 2.54 bits per heavy atom. The van der Waals surface area contributed by atoms with Gasteiger partial charge in [-0.3, -0.25) is 9.59 Å². The number of benzene rings is 1. The first-order valence-corrected chi connectivity index (χ1v) is 8.66. The van der Waals surface area contributed by atoms with Crippen molar-refractivity contribution in [1.82, 2.24) is 14.8 Å². The summed E-state index contributed by atoms with van der Waals surface area (Å²) in [7, 11) is 0. The third kappa shape index (κ3) is 3.63. The molecule has 1 aromatic heterocycles. The molecule has 7 heteroatoms. The molecule has 2 heterocycles. The number of carbonyl (C=O) groups excluding carboxylic acids is 2. The van der Waals surface area contributed by atoms with E-state index in [1.807, 2.05) is 35.7 Å². The molecule has 6 nitrogen and oxygen atoms in total. The highest BCUT2D eigenvalue weighted by Gasteiger charge is 2.27. The molecule has 1 aliphatic heterocycles. The van der Waals surface area contributed by atoms with Gasteiger partial charge >= 0.3 is 0 Å². The van der Waals surface area contributed by atoms with E-state index in [2.05, 4.69) is 4.98 Å². The largest absolute Gasteiger partial charge is 0.389 e.